The molecule has 0 N–H and O–H groups in total. The SMILES string of the molecule is Ic1ccc(-c2cn3ncsc3n2)cc1. The zero-order valence-electron chi connectivity index (χ0n) is 7.59. The van der Waals surface area contributed by atoms with E-state index in [1.165, 1.54) is 3.57 Å². The van der Waals surface area contributed by atoms with E-state index in [4.69, 9.17) is 0 Å². The number of rotatable bonds is 1. The Kier molecular flexibility index (Phi) is 2.21. The van der Waals surface area contributed by atoms with Crippen LogP contribution < -0.4 is 0 Å². The Morgan fingerprint density at radius 3 is 2.73 bits per heavy atom. The number of halogens is 1. The van der Waals surface area contributed by atoms with E-state index in [1.807, 2.05) is 6.20 Å². The summed E-state index contributed by atoms with van der Waals surface area (Å²) in [6, 6.07) is 8.32. The molecule has 0 fully saturated rings. The molecule has 0 amide bonds. The lowest BCUT2D eigenvalue weighted by Crippen LogP contribution is -1.78. The van der Waals surface area contributed by atoms with Crippen molar-refractivity contribution >= 4 is 38.9 Å². The van der Waals surface area contributed by atoms with Crippen LogP contribution in [-0.2, 0) is 0 Å². The molecule has 1 aromatic carbocycles. The zero-order valence-corrected chi connectivity index (χ0v) is 10.6. The molecule has 74 valence electrons. The highest BCUT2D eigenvalue weighted by molar-refractivity contribution is 14.1. The predicted molar refractivity (Wildman–Crippen MR) is 69.0 cm³/mol. The number of fused-ring (bicyclic) bond motifs is 1. The molecule has 0 saturated carbocycles. The molecule has 0 aliphatic rings. The van der Waals surface area contributed by atoms with Crippen molar-refractivity contribution in [2.75, 3.05) is 0 Å². The van der Waals surface area contributed by atoms with Gasteiger partial charge in [0.2, 0.25) is 4.96 Å². The van der Waals surface area contributed by atoms with Gasteiger partial charge in [-0.05, 0) is 34.7 Å². The number of hydrogen-bond donors (Lipinski definition) is 0. The molecule has 0 radical (unpaired) electrons. The average molecular weight is 327 g/mol. The van der Waals surface area contributed by atoms with E-state index in [2.05, 4.69) is 56.9 Å². The van der Waals surface area contributed by atoms with E-state index in [0.717, 1.165) is 16.2 Å². The molecule has 0 atom stereocenters. The van der Waals surface area contributed by atoms with Gasteiger partial charge in [-0.15, -0.1) is 0 Å². The molecule has 0 saturated heterocycles. The van der Waals surface area contributed by atoms with Gasteiger partial charge in [0.25, 0.3) is 0 Å². The second kappa shape index (κ2) is 3.57. The maximum absolute atomic E-state index is 4.49. The van der Waals surface area contributed by atoms with Crippen molar-refractivity contribution < 1.29 is 0 Å². The summed E-state index contributed by atoms with van der Waals surface area (Å²) < 4.78 is 3.04. The lowest BCUT2D eigenvalue weighted by Gasteiger charge is -1.95. The van der Waals surface area contributed by atoms with E-state index in [0.29, 0.717) is 0 Å². The monoisotopic (exact) mass is 327 g/mol. The summed E-state index contributed by atoms with van der Waals surface area (Å²) in [6.45, 7) is 0. The molecule has 3 aromatic rings. The smallest absolute Gasteiger partial charge is 0.212 e. The van der Waals surface area contributed by atoms with Crippen LogP contribution in [0.4, 0.5) is 0 Å². The van der Waals surface area contributed by atoms with Crippen LogP contribution in [0.2, 0.25) is 0 Å². The van der Waals surface area contributed by atoms with Crippen LogP contribution in [-0.4, -0.2) is 14.6 Å². The fraction of sp³-hybridized carbons (Fsp3) is 0. The van der Waals surface area contributed by atoms with Gasteiger partial charge >= 0.3 is 0 Å². The molecule has 5 heteroatoms. The Hall–Kier alpha value is -0.950. The Labute approximate surface area is 104 Å². The number of benzene rings is 1. The lowest BCUT2D eigenvalue weighted by molar-refractivity contribution is 0.974. The fourth-order valence-corrected chi connectivity index (χ4v) is 2.36. The number of imidazole rings is 1. The fourth-order valence-electron chi connectivity index (χ4n) is 1.40. The van der Waals surface area contributed by atoms with Crippen LogP contribution in [0.1, 0.15) is 0 Å². The zero-order chi connectivity index (χ0) is 10.3. The van der Waals surface area contributed by atoms with E-state index >= 15 is 0 Å². The molecular weight excluding hydrogens is 321 g/mol. The minimum Gasteiger partial charge on any atom is -0.217 e. The summed E-state index contributed by atoms with van der Waals surface area (Å²) in [5, 5.41) is 4.15. The molecule has 0 aliphatic heterocycles. The molecule has 3 nitrogen and oxygen atoms in total. The Bertz CT molecular complexity index is 568. The summed E-state index contributed by atoms with van der Waals surface area (Å²) in [5.41, 5.74) is 3.90. The highest BCUT2D eigenvalue weighted by Gasteiger charge is 2.05. The molecule has 2 aromatic heterocycles. The number of aromatic nitrogens is 3. The van der Waals surface area contributed by atoms with Crippen LogP contribution in [0.25, 0.3) is 16.2 Å². The van der Waals surface area contributed by atoms with Gasteiger partial charge in [-0.3, -0.25) is 0 Å². The summed E-state index contributed by atoms with van der Waals surface area (Å²) in [4.78, 5) is 5.42. The highest BCUT2D eigenvalue weighted by atomic mass is 127. The second-order valence-corrected chi connectivity index (χ2v) is 5.16. The quantitative estimate of drug-likeness (QED) is 0.643. The first-order chi connectivity index (χ1) is 7.33. The van der Waals surface area contributed by atoms with Crippen LogP contribution in [0, 0.1) is 3.57 Å². The summed E-state index contributed by atoms with van der Waals surface area (Å²) in [6.07, 6.45) is 1.95. The summed E-state index contributed by atoms with van der Waals surface area (Å²) in [5.74, 6) is 0. The summed E-state index contributed by atoms with van der Waals surface area (Å²) in [7, 11) is 0. The topological polar surface area (TPSA) is 30.2 Å². The number of nitrogens with zero attached hydrogens (tertiary/aromatic N) is 3. The van der Waals surface area contributed by atoms with Crippen LogP contribution in [0.3, 0.4) is 0 Å². The molecule has 0 aliphatic carbocycles. The minimum absolute atomic E-state index is 0.934. The van der Waals surface area contributed by atoms with Gasteiger partial charge in [-0.2, -0.15) is 5.10 Å². The maximum Gasteiger partial charge on any atom is 0.212 e. The third kappa shape index (κ3) is 1.65. The second-order valence-electron chi connectivity index (χ2n) is 3.10. The highest BCUT2D eigenvalue weighted by Crippen LogP contribution is 2.21. The predicted octanol–water partition coefficient (Wildman–Crippen LogP) is 3.06. The largest absolute Gasteiger partial charge is 0.217 e. The van der Waals surface area contributed by atoms with E-state index in [-0.39, 0.29) is 0 Å². The van der Waals surface area contributed by atoms with Gasteiger partial charge in [0.05, 0.1) is 11.9 Å². The molecular formula is C10H6IN3S. The normalized spacial score (nSPS) is 11.0. The van der Waals surface area contributed by atoms with Crippen molar-refractivity contribution in [1.82, 2.24) is 14.6 Å². The lowest BCUT2D eigenvalue weighted by atomic mass is 10.2. The number of hydrogen-bond acceptors (Lipinski definition) is 3. The Balaban J connectivity index is 2.13. The van der Waals surface area contributed by atoms with Crippen molar-refractivity contribution in [3.63, 3.8) is 0 Å². The van der Waals surface area contributed by atoms with Gasteiger partial charge in [0, 0.05) is 9.13 Å². The van der Waals surface area contributed by atoms with Crippen LogP contribution >= 0.6 is 33.9 Å². The Morgan fingerprint density at radius 1 is 1.20 bits per heavy atom. The van der Waals surface area contributed by atoms with E-state index in [1.54, 1.807) is 21.4 Å². The maximum atomic E-state index is 4.49. The molecule has 3 rings (SSSR count). The third-order valence-corrected chi connectivity index (χ3v) is 3.53. The minimum atomic E-state index is 0.934. The Morgan fingerprint density at radius 2 is 2.00 bits per heavy atom. The van der Waals surface area contributed by atoms with Crippen molar-refractivity contribution in [2.45, 2.75) is 0 Å². The van der Waals surface area contributed by atoms with Crippen molar-refractivity contribution in [3.05, 3.63) is 39.5 Å². The summed E-state index contributed by atoms with van der Waals surface area (Å²) >= 11 is 3.84. The van der Waals surface area contributed by atoms with E-state index < -0.39 is 0 Å². The van der Waals surface area contributed by atoms with Gasteiger partial charge in [-0.1, -0.05) is 23.5 Å². The van der Waals surface area contributed by atoms with Gasteiger partial charge in [0.15, 0.2) is 0 Å². The van der Waals surface area contributed by atoms with Gasteiger partial charge in [-0.25, -0.2) is 9.50 Å². The molecule has 15 heavy (non-hydrogen) atoms. The standard InChI is InChI=1S/C10H6IN3S/c11-8-3-1-7(2-4-8)9-5-14-10(13-9)15-6-12-14/h1-6H. The van der Waals surface area contributed by atoms with Crippen molar-refractivity contribution in [1.29, 1.82) is 0 Å². The van der Waals surface area contributed by atoms with Crippen molar-refractivity contribution in [2.24, 2.45) is 0 Å². The molecule has 2 heterocycles. The van der Waals surface area contributed by atoms with Crippen molar-refractivity contribution in [3.8, 4) is 11.3 Å². The molecule has 0 bridgehead atoms. The van der Waals surface area contributed by atoms with Gasteiger partial charge < -0.3 is 0 Å². The van der Waals surface area contributed by atoms with Crippen LogP contribution in [0.5, 0.6) is 0 Å². The average Bonchev–Trinajstić information content (AvgIpc) is 2.78. The first-order valence-electron chi connectivity index (χ1n) is 4.38. The first-order valence-corrected chi connectivity index (χ1v) is 6.33. The van der Waals surface area contributed by atoms with E-state index in [9.17, 15) is 0 Å². The van der Waals surface area contributed by atoms with Crippen LogP contribution in [0.15, 0.2) is 36.0 Å². The molecule has 0 unspecified atom stereocenters. The third-order valence-electron chi connectivity index (χ3n) is 2.13. The molecule has 0 spiro atoms. The van der Waals surface area contributed by atoms with Gasteiger partial charge in [0.1, 0.15) is 5.51 Å². The first kappa shape index (κ1) is 9.29.